The number of nitrogens with one attached hydrogen (secondary N) is 8. The summed E-state index contributed by atoms with van der Waals surface area (Å²) in [4.78, 5) is 22.7. The van der Waals surface area contributed by atoms with E-state index in [1.807, 2.05) is 0 Å². The summed E-state index contributed by atoms with van der Waals surface area (Å²) in [5.74, 6) is -156. The van der Waals surface area contributed by atoms with Gasteiger partial charge in [-0.15, -0.1) is 0 Å². The van der Waals surface area contributed by atoms with Gasteiger partial charge in [-0.05, 0) is 6.07 Å². The Balaban J connectivity index is 1.27. The van der Waals surface area contributed by atoms with Crippen molar-refractivity contribution in [1.29, 1.82) is 0 Å². The maximum Gasteiger partial charge on any atom is 0.200 e. The lowest BCUT2D eigenvalue weighted by molar-refractivity contribution is 0.381. The Morgan fingerprint density at radius 3 is 0.714 bits per heavy atom. The zero-order chi connectivity index (χ0) is 97.3. The van der Waals surface area contributed by atoms with Crippen molar-refractivity contribution in [3.63, 3.8) is 0 Å². The summed E-state index contributed by atoms with van der Waals surface area (Å²) >= 11 is 0. The van der Waals surface area contributed by atoms with E-state index in [0.717, 1.165) is 37.3 Å². The Kier molecular flexibility index (Phi) is 21.5. The van der Waals surface area contributed by atoms with Crippen molar-refractivity contribution >= 4 is 118 Å². The summed E-state index contributed by atoms with van der Waals surface area (Å²) in [5, 5.41) is -4.14. The van der Waals surface area contributed by atoms with Crippen LogP contribution in [0, 0.1) is 256 Å². The quantitative estimate of drug-likeness (QED) is 0.0293. The standard InChI is InChI=1S/C74H9F44N15/c75-3-1-2-4(12(77)11(3)76)68-125-67(2)126-71-9-10(56(121-59-44(109)29(94)20(85)30(95)45(59)110)66(124-62-50(115)35(100)23(88)36(101)51(62)116)65(123-61-48(113)33(98)22(87)34(99)49(61)114)55(9)120-58-42(107)27(92)19(84)28(93)43(58)108)72(129-71)128-70-8-5(13(78)39(104)64(122-60-46(111)31(96)21(86)32(97)47(60)112)54(8)119-57-40(105)25(90)18(83)26(91)41(57)106)69(127-70)131-74-7-6(14(79)16(81)17(82)15(7)80)73(130-68)133(74)132-63-52(117)37(102)24(89)38(103)53(63)118/h1,119-124,132H,(H,125,126,127,128,129,130,131). The second-order valence-electron chi connectivity index (χ2n) is 26.5. The average molecular weight is 1940 g/mol. The van der Waals surface area contributed by atoms with Gasteiger partial charge in [0.25, 0.3) is 0 Å². The number of halogens is 44. The molecule has 0 radical (unpaired) electrons. The van der Waals surface area contributed by atoms with Crippen LogP contribution in [0.4, 0.5) is 267 Å². The van der Waals surface area contributed by atoms with Crippen LogP contribution in [0.25, 0.3) is 89.7 Å². The fourth-order valence-electron chi connectivity index (χ4n) is 13.2. The third-order valence-electron chi connectivity index (χ3n) is 19.3. The predicted octanol–water partition coefficient (Wildman–Crippen LogP) is 24.8. The largest absolute Gasteiger partial charge is 0.348 e. The number of hydrogen-bond donors (Lipinski definition) is 8. The third-order valence-corrected chi connectivity index (χ3v) is 19.3. The number of aromatic amines is 1. The van der Waals surface area contributed by atoms with E-state index in [1.54, 1.807) is 4.98 Å². The van der Waals surface area contributed by atoms with Gasteiger partial charge in [0.1, 0.15) is 56.8 Å². The first-order chi connectivity index (χ1) is 62.3. The molecule has 11 aromatic carbocycles. The molecule has 2 aliphatic rings. The van der Waals surface area contributed by atoms with Gasteiger partial charge in [-0.2, -0.15) is 0 Å². The summed E-state index contributed by atoms with van der Waals surface area (Å²) in [5.41, 5.74) is -55.7. The molecule has 5 heterocycles. The Morgan fingerprint density at radius 1 is 0.173 bits per heavy atom. The molecule has 2 aliphatic heterocycles. The Hall–Kier alpha value is -15.7. The highest BCUT2D eigenvalue weighted by Gasteiger charge is 2.44. The molecule has 15 nitrogen and oxygen atoms in total. The zero-order valence-electron chi connectivity index (χ0n) is 60.8. The van der Waals surface area contributed by atoms with Gasteiger partial charge in [-0.25, -0.2) is 228 Å². The lowest BCUT2D eigenvalue weighted by atomic mass is 10.0. The zero-order valence-corrected chi connectivity index (χ0v) is 60.8. The van der Waals surface area contributed by atoms with Crippen molar-refractivity contribution in [2.45, 2.75) is 0 Å². The van der Waals surface area contributed by atoms with Crippen LogP contribution in [0.1, 0.15) is 0 Å². The molecule has 688 valence electrons. The maximum atomic E-state index is 18.5. The number of anilines is 13. The molecular formula is C74H9F44N15. The molecule has 133 heavy (non-hydrogen) atoms. The van der Waals surface area contributed by atoms with E-state index in [9.17, 15) is 8.78 Å². The molecule has 0 spiro atoms. The first-order valence-corrected chi connectivity index (χ1v) is 34.0. The number of benzene rings is 11. The summed E-state index contributed by atoms with van der Waals surface area (Å²) in [6.07, 6.45) is 0. The lowest BCUT2D eigenvalue weighted by Crippen LogP contribution is -2.16. The van der Waals surface area contributed by atoms with E-state index < -0.39 is 430 Å². The molecule has 0 fully saturated rings. The molecule has 3 aromatic heterocycles. The van der Waals surface area contributed by atoms with E-state index in [-0.39, 0.29) is 0 Å². The number of aromatic nitrogens is 8. The molecule has 0 amide bonds. The molecule has 0 atom stereocenters. The van der Waals surface area contributed by atoms with E-state index in [0.29, 0.717) is 0 Å². The van der Waals surface area contributed by atoms with Crippen LogP contribution in [0.5, 0.6) is 0 Å². The number of nitrogens with zero attached hydrogens (tertiary/aromatic N) is 7. The monoisotopic (exact) mass is 1940 g/mol. The average Bonchev–Trinajstić information content (AvgIpc) is 1.56. The molecule has 16 rings (SSSR count). The van der Waals surface area contributed by atoms with Gasteiger partial charge < -0.3 is 36.9 Å². The number of H-pyrrole nitrogens is 1. The van der Waals surface area contributed by atoms with Gasteiger partial charge in [-0.1, -0.05) is 0 Å². The number of hydrogen-bond acceptors (Lipinski definition) is 13. The van der Waals surface area contributed by atoms with Gasteiger partial charge in [0, 0.05) is 5.56 Å². The van der Waals surface area contributed by atoms with Crippen molar-refractivity contribution in [2.24, 2.45) is 0 Å². The third kappa shape index (κ3) is 13.1. The molecule has 59 heteroatoms. The molecule has 14 aromatic rings. The highest BCUT2D eigenvalue weighted by atomic mass is 19.2. The normalized spacial score (nSPS) is 11.9. The molecule has 0 saturated carbocycles. The fraction of sp³-hybridized carbons (Fsp3) is 0. The van der Waals surface area contributed by atoms with Gasteiger partial charge >= 0.3 is 0 Å². The van der Waals surface area contributed by atoms with Crippen molar-refractivity contribution in [1.82, 2.24) is 39.6 Å². The summed E-state index contributed by atoms with van der Waals surface area (Å²) in [7, 11) is 0. The molecule has 0 saturated heterocycles. The number of rotatable bonds is 14. The van der Waals surface area contributed by atoms with E-state index >= 15 is 184 Å². The van der Waals surface area contributed by atoms with Crippen molar-refractivity contribution in [3.05, 3.63) is 262 Å². The van der Waals surface area contributed by atoms with Crippen LogP contribution in [0.15, 0.2) is 6.07 Å². The molecule has 0 unspecified atom stereocenters. The second-order valence-corrected chi connectivity index (χ2v) is 26.5. The van der Waals surface area contributed by atoms with Crippen LogP contribution in [-0.4, -0.2) is 39.6 Å². The Morgan fingerprint density at radius 2 is 0.398 bits per heavy atom. The van der Waals surface area contributed by atoms with Crippen molar-refractivity contribution in [3.8, 4) is 45.6 Å². The van der Waals surface area contributed by atoms with Crippen LogP contribution in [0.2, 0.25) is 0 Å². The smallest absolute Gasteiger partial charge is 0.200 e. The minimum Gasteiger partial charge on any atom is -0.348 e. The maximum absolute atomic E-state index is 18.5. The molecular weight excluding hydrogens is 1930 g/mol. The summed E-state index contributed by atoms with van der Waals surface area (Å²) in [6.45, 7) is 0. The minimum absolute atomic E-state index is 0.498. The first-order valence-electron chi connectivity index (χ1n) is 34.0. The topological polar surface area (TPSA) is 182 Å². The van der Waals surface area contributed by atoms with Crippen LogP contribution >= 0.6 is 0 Å². The fourth-order valence-corrected chi connectivity index (χ4v) is 13.2. The lowest BCUT2D eigenvalue weighted by Gasteiger charge is -2.26. The minimum atomic E-state index is -3.46. The van der Waals surface area contributed by atoms with E-state index in [1.165, 1.54) is 0 Å². The van der Waals surface area contributed by atoms with Gasteiger partial charge in [0.2, 0.25) is 40.7 Å². The Labute approximate surface area is 694 Å². The van der Waals surface area contributed by atoms with Crippen molar-refractivity contribution in [2.75, 3.05) is 37.3 Å². The molecule has 8 bridgehead atoms. The van der Waals surface area contributed by atoms with Crippen molar-refractivity contribution < 1.29 is 193 Å². The molecule has 8 N–H and O–H groups in total. The Bertz CT molecular complexity index is 7740. The summed E-state index contributed by atoms with van der Waals surface area (Å²) < 4.78 is 710. The first kappa shape index (κ1) is 90.6. The number of fused-ring (bicyclic) bond motifs is 20. The predicted molar refractivity (Wildman–Crippen MR) is 362 cm³/mol. The van der Waals surface area contributed by atoms with E-state index in [2.05, 4.69) is 29.9 Å². The summed E-state index contributed by atoms with van der Waals surface area (Å²) in [6, 6.07) is -0.498. The van der Waals surface area contributed by atoms with E-state index in [4.69, 9.17) is 0 Å². The highest BCUT2D eigenvalue weighted by Crippen LogP contribution is 2.57. The highest BCUT2D eigenvalue weighted by molar-refractivity contribution is 6.26. The van der Waals surface area contributed by atoms with Crippen LogP contribution in [-0.2, 0) is 0 Å². The van der Waals surface area contributed by atoms with Gasteiger partial charge in [-0.3, -0.25) is 5.43 Å². The van der Waals surface area contributed by atoms with Crippen LogP contribution < -0.4 is 37.3 Å². The van der Waals surface area contributed by atoms with Crippen LogP contribution in [0.3, 0.4) is 0 Å². The van der Waals surface area contributed by atoms with Gasteiger partial charge in [0.05, 0.1) is 66.7 Å². The van der Waals surface area contributed by atoms with Gasteiger partial charge in [0.15, 0.2) is 250 Å². The molecule has 0 aliphatic carbocycles. The second kappa shape index (κ2) is 31.6. The SMILES string of the molecule is Fc1cc2c(c(F)c1F)-c1nc-2nc2[nH]c(nc3nc(nc4c5c(F)c(F)c(F)c(F)c5c(n1)n4Nc1c(F)c(F)c(F)c(F)c1F)-c1c(F)c(F)c(Nc4c(F)c(F)c(F)c(F)c4F)c(Nc4c(F)c(F)c(F)c(F)c4F)c1-3)c1c(Nc3c(F)c(F)c(F)c(F)c3F)c(Nc3c(F)c(F)c(F)c(F)c3F)c(Nc3c(F)c(F)c(F)c(F)c3F)c(Nc3c(F)c(F)c(F)c(F)c3F)c21.